The minimum absolute atomic E-state index is 0.0260. The van der Waals surface area contributed by atoms with Crippen LogP contribution in [0.4, 0.5) is 17.1 Å². The van der Waals surface area contributed by atoms with E-state index in [-0.39, 0.29) is 16.9 Å². The van der Waals surface area contributed by atoms with Gasteiger partial charge in [-0.1, -0.05) is 17.7 Å². The second-order valence-electron chi connectivity index (χ2n) is 5.33. The van der Waals surface area contributed by atoms with Gasteiger partial charge in [-0.05, 0) is 36.8 Å². The fourth-order valence-electron chi connectivity index (χ4n) is 2.10. The lowest BCUT2D eigenvalue weighted by Gasteiger charge is -2.08. The molecule has 0 aromatic heterocycles. The van der Waals surface area contributed by atoms with Gasteiger partial charge in [0.25, 0.3) is 11.6 Å². The highest BCUT2D eigenvalue weighted by molar-refractivity contribution is 6.31. The van der Waals surface area contributed by atoms with Gasteiger partial charge >= 0.3 is 5.97 Å². The monoisotopic (exact) mass is 377 g/mol. The highest BCUT2D eigenvalue weighted by Crippen LogP contribution is 2.25. The van der Waals surface area contributed by atoms with Gasteiger partial charge in [-0.25, -0.2) is 4.79 Å². The molecule has 2 aromatic carbocycles. The van der Waals surface area contributed by atoms with Crippen molar-refractivity contribution in [2.24, 2.45) is 0 Å². The van der Waals surface area contributed by atoms with E-state index in [0.717, 1.165) is 11.6 Å². The number of hydrogen-bond donors (Lipinski definition) is 2. The number of halogens is 1. The molecule has 0 spiro atoms. The fourth-order valence-corrected chi connectivity index (χ4v) is 2.28. The molecule has 0 saturated carbocycles. The zero-order valence-electron chi connectivity index (χ0n) is 14.0. The first kappa shape index (κ1) is 19.2. The van der Waals surface area contributed by atoms with Crippen LogP contribution in [0.1, 0.15) is 15.9 Å². The summed E-state index contributed by atoms with van der Waals surface area (Å²) >= 11 is 5.97. The molecule has 0 heterocycles. The predicted molar refractivity (Wildman–Crippen MR) is 97.7 cm³/mol. The highest BCUT2D eigenvalue weighted by Gasteiger charge is 2.18. The Morgan fingerprint density at radius 1 is 1.23 bits per heavy atom. The van der Waals surface area contributed by atoms with Crippen LogP contribution in [-0.2, 0) is 9.53 Å². The Morgan fingerprint density at radius 3 is 2.58 bits per heavy atom. The van der Waals surface area contributed by atoms with E-state index in [1.165, 1.54) is 19.2 Å². The van der Waals surface area contributed by atoms with Crippen LogP contribution in [0.5, 0.6) is 0 Å². The first-order valence-corrected chi connectivity index (χ1v) is 7.89. The summed E-state index contributed by atoms with van der Waals surface area (Å²) in [6, 6.07) is 8.84. The number of nitro benzene ring substituents is 1. The SMILES string of the molecule is CNc1ccc(C(=O)OCC(=O)Nc2ccc(C)c(Cl)c2)cc1[N+](=O)[O-]. The zero-order chi connectivity index (χ0) is 19.3. The van der Waals surface area contributed by atoms with Crippen LogP contribution in [0.25, 0.3) is 0 Å². The number of nitrogens with zero attached hydrogens (tertiary/aromatic N) is 1. The Balaban J connectivity index is 1.99. The van der Waals surface area contributed by atoms with E-state index in [1.807, 2.05) is 6.92 Å². The van der Waals surface area contributed by atoms with Crippen molar-refractivity contribution in [2.45, 2.75) is 6.92 Å². The Hall–Kier alpha value is -3.13. The largest absolute Gasteiger partial charge is 0.452 e. The molecule has 26 heavy (non-hydrogen) atoms. The number of nitrogens with one attached hydrogen (secondary N) is 2. The molecule has 136 valence electrons. The number of rotatable bonds is 6. The third-order valence-electron chi connectivity index (χ3n) is 3.49. The van der Waals surface area contributed by atoms with Crippen LogP contribution in [-0.4, -0.2) is 30.5 Å². The normalized spacial score (nSPS) is 10.1. The van der Waals surface area contributed by atoms with Gasteiger partial charge in [-0.3, -0.25) is 14.9 Å². The molecule has 8 nitrogen and oxygen atoms in total. The third-order valence-corrected chi connectivity index (χ3v) is 3.90. The molecule has 2 rings (SSSR count). The minimum atomic E-state index is -0.840. The first-order chi connectivity index (χ1) is 12.3. The van der Waals surface area contributed by atoms with Gasteiger partial charge in [0.15, 0.2) is 6.61 Å². The van der Waals surface area contributed by atoms with Crippen molar-refractivity contribution >= 4 is 40.5 Å². The number of carbonyl (C=O) groups excluding carboxylic acids is 2. The van der Waals surface area contributed by atoms with Gasteiger partial charge < -0.3 is 15.4 Å². The maximum atomic E-state index is 12.0. The molecule has 0 saturated heterocycles. The summed E-state index contributed by atoms with van der Waals surface area (Å²) in [4.78, 5) is 34.3. The van der Waals surface area contributed by atoms with E-state index < -0.39 is 23.4 Å². The summed E-state index contributed by atoms with van der Waals surface area (Å²) in [7, 11) is 1.53. The summed E-state index contributed by atoms with van der Waals surface area (Å²) in [6.07, 6.45) is 0. The lowest BCUT2D eigenvalue weighted by Crippen LogP contribution is -2.21. The summed E-state index contributed by atoms with van der Waals surface area (Å²) in [5.74, 6) is -1.40. The second-order valence-corrected chi connectivity index (χ2v) is 5.73. The standard InChI is InChI=1S/C17H16ClN3O5/c1-10-3-5-12(8-13(10)18)20-16(22)9-26-17(23)11-4-6-14(19-2)15(7-11)21(24)25/h3-8,19H,9H2,1-2H3,(H,20,22). The van der Waals surface area contributed by atoms with Crippen molar-refractivity contribution in [3.05, 3.63) is 62.7 Å². The smallest absolute Gasteiger partial charge is 0.338 e. The molecule has 0 bridgehead atoms. The van der Waals surface area contributed by atoms with Gasteiger partial charge in [0.1, 0.15) is 5.69 Å². The van der Waals surface area contributed by atoms with Crippen molar-refractivity contribution < 1.29 is 19.2 Å². The number of benzene rings is 2. The number of nitro groups is 1. The van der Waals surface area contributed by atoms with Gasteiger partial charge in [-0.15, -0.1) is 0 Å². The molecule has 0 atom stereocenters. The molecule has 1 amide bonds. The summed E-state index contributed by atoms with van der Waals surface area (Å²) in [6.45, 7) is 1.29. The molecular weight excluding hydrogens is 362 g/mol. The van der Waals surface area contributed by atoms with Crippen LogP contribution in [0.2, 0.25) is 5.02 Å². The van der Waals surface area contributed by atoms with Crippen LogP contribution in [0, 0.1) is 17.0 Å². The molecule has 2 N–H and O–H groups in total. The van der Waals surface area contributed by atoms with Crippen molar-refractivity contribution in [1.29, 1.82) is 0 Å². The number of hydrogen-bond acceptors (Lipinski definition) is 6. The molecule has 0 unspecified atom stereocenters. The van der Waals surface area contributed by atoms with E-state index in [9.17, 15) is 19.7 Å². The number of aryl methyl sites for hydroxylation is 1. The van der Waals surface area contributed by atoms with E-state index in [2.05, 4.69) is 10.6 Å². The lowest BCUT2D eigenvalue weighted by atomic mass is 10.1. The maximum Gasteiger partial charge on any atom is 0.338 e. The van der Waals surface area contributed by atoms with E-state index in [4.69, 9.17) is 16.3 Å². The maximum absolute atomic E-state index is 12.0. The number of carbonyl (C=O) groups is 2. The Morgan fingerprint density at radius 2 is 1.96 bits per heavy atom. The van der Waals surface area contributed by atoms with Crippen molar-refractivity contribution in [2.75, 3.05) is 24.3 Å². The fraction of sp³-hybridized carbons (Fsp3) is 0.176. The molecule has 0 aliphatic carbocycles. The van der Waals surface area contributed by atoms with Gasteiger partial charge in [0.05, 0.1) is 10.5 Å². The summed E-state index contributed by atoms with van der Waals surface area (Å²) < 4.78 is 4.90. The predicted octanol–water partition coefficient (Wildman–Crippen LogP) is 3.39. The van der Waals surface area contributed by atoms with Crippen molar-refractivity contribution in [3.63, 3.8) is 0 Å². The summed E-state index contributed by atoms with van der Waals surface area (Å²) in [5.41, 5.74) is 1.31. The Bertz CT molecular complexity index is 869. The van der Waals surface area contributed by atoms with Gasteiger partial charge in [0, 0.05) is 23.8 Å². The Labute approximate surface area is 154 Å². The van der Waals surface area contributed by atoms with E-state index >= 15 is 0 Å². The van der Waals surface area contributed by atoms with Crippen LogP contribution in [0.15, 0.2) is 36.4 Å². The molecular formula is C17H16ClN3O5. The van der Waals surface area contributed by atoms with Crippen molar-refractivity contribution in [3.8, 4) is 0 Å². The molecule has 0 aliphatic heterocycles. The van der Waals surface area contributed by atoms with Crippen molar-refractivity contribution in [1.82, 2.24) is 0 Å². The van der Waals surface area contributed by atoms with Gasteiger partial charge in [-0.2, -0.15) is 0 Å². The molecule has 0 fully saturated rings. The Kier molecular flexibility index (Phi) is 6.13. The van der Waals surface area contributed by atoms with Crippen LogP contribution >= 0.6 is 11.6 Å². The molecule has 2 aromatic rings. The topological polar surface area (TPSA) is 111 Å². The summed E-state index contributed by atoms with van der Waals surface area (Å²) in [5, 5.41) is 16.7. The lowest BCUT2D eigenvalue weighted by molar-refractivity contribution is -0.384. The highest BCUT2D eigenvalue weighted by atomic mass is 35.5. The molecule has 0 aliphatic rings. The van der Waals surface area contributed by atoms with E-state index in [1.54, 1.807) is 18.2 Å². The van der Waals surface area contributed by atoms with Crippen LogP contribution < -0.4 is 10.6 Å². The zero-order valence-corrected chi connectivity index (χ0v) is 14.8. The third kappa shape index (κ3) is 4.70. The first-order valence-electron chi connectivity index (χ1n) is 7.51. The molecule has 0 radical (unpaired) electrons. The minimum Gasteiger partial charge on any atom is -0.452 e. The second kappa shape index (κ2) is 8.30. The number of esters is 1. The van der Waals surface area contributed by atoms with Gasteiger partial charge in [0.2, 0.25) is 0 Å². The average molecular weight is 378 g/mol. The quantitative estimate of drug-likeness (QED) is 0.453. The molecule has 9 heteroatoms. The average Bonchev–Trinajstić information content (AvgIpc) is 2.62. The number of ether oxygens (including phenoxy) is 1. The number of amides is 1. The van der Waals surface area contributed by atoms with E-state index in [0.29, 0.717) is 10.7 Å². The van der Waals surface area contributed by atoms with Crippen LogP contribution in [0.3, 0.4) is 0 Å². The number of anilines is 2.